The fraction of sp³-hybridized carbons (Fsp3) is 0.458. The summed E-state index contributed by atoms with van der Waals surface area (Å²) in [4.78, 5) is 7.60. The number of halogens is 3. The highest BCUT2D eigenvalue weighted by Gasteiger charge is 2.25. The van der Waals surface area contributed by atoms with Gasteiger partial charge in [-0.25, -0.2) is 4.98 Å². The van der Waals surface area contributed by atoms with E-state index in [1.807, 2.05) is 0 Å². The van der Waals surface area contributed by atoms with Crippen LogP contribution < -0.4 is 4.90 Å². The molecule has 0 bridgehead atoms. The number of aryl methyl sites for hydroxylation is 2. The minimum Gasteiger partial charge on any atom is -0.371 e. The van der Waals surface area contributed by atoms with Gasteiger partial charge >= 0.3 is 0 Å². The maximum atomic E-state index is 5.02. The van der Waals surface area contributed by atoms with Gasteiger partial charge in [-0.05, 0) is 111 Å². The number of benzene rings is 1. The van der Waals surface area contributed by atoms with E-state index < -0.39 is 0 Å². The maximum absolute atomic E-state index is 5.02. The average molecular weight is 598 g/mol. The molecular weight excluding hydrogens is 570 g/mol. The van der Waals surface area contributed by atoms with E-state index in [0.717, 1.165) is 49.5 Å². The van der Waals surface area contributed by atoms with Crippen LogP contribution in [0, 0.1) is 26.7 Å². The van der Waals surface area contributed by atoms with Gasteiger partial charge in [-0.1, -0.05) is 19.8 Å². The number of rotatable bonds is 4. The normalized spacial score (nSPS) is 15.4. The van der Waals surface area contributed by atoms with E-state index >= 15 is 0 Å². The average Bonchev–Trinajstić information content (AvgIpc) is 2.95. The summed E-state index contributed by atoms with van der Waals surface area (Å²) in [6, 6.07) is 6.53. The van der Waals surface area contributed by atoms with E-state index in [9.17, 15) is 0 Å². The first kappa shape index (κ1) is 22.3. The number of nitrogens with zero attached hydrogens (tertiary/aromatic N) is 3. The summed E-state index contributed by atoms with van der Waals surface area (Å²) in [6.45, 7) is 11.1. The third-order valence-corrected chi connectivity index (χ3v) is 8.93. The first-order valence-corrected chi connectivity index (χ1v) is 13.1. The molecular formula is C24H28Br3N3. The summed E-state index contributed by atoms with van der Waals surface area (Å²) in [5, 5.41) is 1.29. The zero-order valence-electron chi connectivity index (χ0n) is 18.0. The lowest BCUT2D eigenvalue weighted by Crippen LogP contribution is -2.33. The molecule has 0 radical (unpaired) electrons. The number of piperidine rings is 1. The molecule has 2 aromatic heterocycles. The van der Waals surface area contributed by atoms with Gasteiger partial charge in [0.2, 0.25) is 0 Å². The van der Waals surface area contributed by atoms with Gasteiger partial charge in [0.25, 0.3) is 0 Å². The van der Waals surface area contributed by atoms with E-state index in [0.29, 0.717) is 0 Å². The van der Waals surface area contributed by atoms with E-state index in [4.69, 9.17) is 4.98 Å². The highest BCUT2D eigenvalue weighted by atomic mass is 79.9. The summed E-state index contributed by atoms with van der Waals surface area (Å²) < 4.78 is 5.41. The van der Waals surface area contributed by atoms with Crippen LogP contribution in [0.15, 0.2) is 31.6 Å². The van der Waals surface area contributed by atoms with E-state index in [2.05, 4.69) is 103 Å². The van der Waals surface area contributed by atoms with Gasteiger partial charge in [0.15, 0.2) is 0 Å². The first-order chi connectivity index (χ1) is 14.3. The van der Waals surface area contributed by atoms with Crippen molar-refractivity contribution in [3.8, 4) is 5.69 Å². The van der Waals surface area contributed by atoms with Gasteiger partial charge in [-0.3, -0.25) is 4.57 Å². The summed E-state index contributed by atoms with van der Waals surface area (Å²) in [6.07, 6.45) is 5.24. The fourth-order valence-electron chi connectivity index (χ4n) is 4.77. The molecule has 0 spiro atoms. The Hall–Kier alpha value is -0.850. The predicted octanol–water partition coefficient (Wildman–Crippen LogP) is 8.25. The van der Waals surface area contributed by atoms with Crippen molar-refractivity contribution in [2.75, 3.05) is 18.0 Å². The topological polar surface area (TPSA) is 21.1 Å². The Morgan fingerprint density at radius 3 is 2.27 bits per heavy atom. The quantitative estimate of drug-likeness (QED) is 0.282. The molecule has 1 aliphatic rings. The molecule has 0 N–H and O–H groups in total. The second-order valence-corrected chi connectivity index (χ2v) is 11.0. The lowest BCUT2D eigenvalue weighted by Gasteiger charge is -2.34. The van der Waals surface area contributed by atoms with Crippen LogP contribution >= 0.6 is 47.8 Å². The zero-order chi connectivity index (χ0) is 21.6. The molecule has 0 saturated carbocycles. The Morgan fingerprint density at radius 1 is 0.933 bits per heavy atom. The van der Waals surface area contributed by atoms with Crippen LogP contribution in [0.4, 0.5) is 5.69 Å². The van der Waals surface area contributed by atoms with Gasteiger partial charge in [0.1, 0.15) is 5.65 Å². The smallest absolute Gasteiger partial charge is 0.147 e. The molecule has 1 fully saturated rings. The minimum absolute atomic E-state index is 0.883. The molecule has 1 aromatic carbocycles. The van der Waals surface area contributed by atoms with Crippen molar-refractivity contribution in [2.24, 2.45) is 5.92 Å². The zero-order valence-corrected chi connectivity index (χ0v) is 22.8. The second kappa shape index (κ2) is 8.95. The van der Waals surface area contributed by atoms with Gasteiger partial charge in [0, 0.05) is 49.0 Å². The molecule has 0 amide bonds. The van der Waals surface area contributed by atoms with E-state index in [1.54, 1.807) is 0 Å². The Balaban J connectivity index is 1.87. The molecule has 30 heavy (non-hydrogen) atoms. The summed E-state index contributed by atoms with van der Waals surface area (Å²) in [5.74, 6) is 0.883. The molecule has 3 nitrogen and oxygen atoms in total. The number of hydrogen-bond donors (Lipinski definition) is 0. The van der Waals surface area contributed by atoms with Crippen molar-refractivity contribution in [1.82, 2.24) is 9.55 Å². The first-order valence-electron chi connectivity index (χ1n) is 10.7. The molecule has 1 saturated heterocycles. The highest BCUT2D eigenvalue weighted by Crippen LogP contribution is 2.40. The van der Waals surface area contributed by atoms with E-state index in [1.165, 1.54) is 48.0 Å². The molecule has 3 aromatic rings. The van der Waals surface area contributed by atoms with Crippen molar-refractivity contribution in [3.05, 3.63) is 48.6 Å². The van der Waals surface area contributed by atoms with Crippen molar-refractivity contribution >= 4 is 64.5 Å². The number of fused-ring (bicyclic) bond motifs is 1. The number of anilines is 1. The molecule has 6 heteroatoms. The van der Waals surface area contributed by atoms with Crippen LogP contribution in [-0.2, 0) is 0 Å². The van der Waals surface area contributed by atoms with Crippen molar-refractivity contribution in [1.29, 1.82) is 0 Å². The van der Waals surface area contributed by atoms with Crippen LogP contribution in [0.25, 0.3) is 16.7 Å². The van der Waals surface area contributed by atoms with Crippen LogP contribution in [0.1, 0.15) is 49.6 Å². The molecule has 0 aliphatic carbocycles. The van der Waals surface area contributed by atoms with Crippen molar-refractivity contribution in [3.63, 3.8) is 0 Å². The Kier molecular flexibility index (Phi) is 6.67. The van der Waals surface area contributed by atoms with Gasteiger partial charge in [-0.15, -0.1) is 0 Å². The van der Waals surface area contributed by atoms with Crippen molar-refractivity contribution in [2.45, 2.75) is 53.4 Å². The Bertz CT molecular complexity index is 1100. The molecule has 4 rings (SSSR count). The lowest BCUT2D eigenvalue weighted by atomic mass is 9.92. The number of pyridine rings is 1. The predicted molar refractivity (Wildman–Crippen MR) is 138 cm³/mol. The Morgan fingerprint density at radius 2 is 1.60 bits per heavy atom. The lowest BCUT2D eigenvalue weighted by molar-refractivity contribution is 0.379. The molecule has 160 valence electrons. The Labute approximate surface area is 204 Å². The van der Waals surface area contributed by atoms with Gasteiger partial charge in [-0.2, -0.15) is 0 Å². The van der Waals surface area contributed by atoms with Crippen LogP contribution in [-0.4, -0.2) is 22.6 Å². The third-order valence-electron chi connectivity index (χ3n) is 6.46. The summed E-state index contributed by atoms with van der Waals surface area (Å²) >= 11 is 11.1. The monoisotopic (exact) mass is 595 g/mol. The van der Waals surface area contributed by atoms with Crippen LogP contribution in [0.3, 0.4) is 0 Å². The van der Waals surface area contributed by atoms with Crippen LogP contribution in [0.5, 0.6) is 0 Å². The molecule has 0 atom stereocenters. The van der Waals surface area contributed by atoms with Gasteiger partial charge in [0.05, 0.1) is 5.69 Å². The SMILES string of the molecule is CCCC1CCN(c2cc(C)nc3c2c(C)c(C)n3-c2cc(Br)c(Br)cc2Br)CC1. The fourth-order valence-corrected chi connectivity index (χ4v) is 6.27. The van der Waals surface area contributed by atoms with Crippen LogP contribution in [0.2, 0.25) is 0 Å². The second-order valence-electron chi connectivity index (χ2n) is 8.46. The third kappa shape index (κ3) is 4.00. The summed E-state index contributed by atoms with van der Waals surface area (Å²) in [5.41, 5.74) is 7.12. The number of aromatic nitrogens is 2. The van der Waals surface area contributed by atoms with E-state index in [-0.39, 0.29) is 0 Å². The number of hydrogen-bond acceptors (Lipinski definition) is 2. The largest absolute Gasteiger partial charge is 0.371 e. The van der Waals surface area contributed by atoms with Crippen molar-refractivity contribution < 1.29 is 0 Å². The highest BCUT2D eigenvalue weighted by molar-refractivity contribution is 9.13. The minimum atomic E-state index is 0.883. The molecule has 3 heterocycles. The maximum Gasteiger partial charge on any atom is 0.147 e. The standard InChI is InChI=1S/C24H28Br3N3/c1-5-6-17-7-9-29(10-8-17)22-11-14(2)28-24-23(22)15(3)16(4)30(24)21-13-19(26)18(25)12-20(21)27/h11-13,17H,5-10H2,1-4H3. The summed E-state index contributed by atoms with van der Waals surface area (Å²) in [7, 11) is 0. The molecule has 1 aliphatic heterocycles. The molecule has 0 unspecified atom stereocenters. The van der Waals surface area contributed by atoms with Gasteiger partial charge < -0.3 is 4.90 Å².